The van der Waals surface area contributed by atoms with E-state index in [1.54, 1.807) is 0 Å². The maximum absolute atomic E-state index is 5.33. The molecule has 1 fully saturated rings. The molecule has 14 heavy (non-hydrogen) atoms. The average Bonchev–Trinajstić information content (AvgIpc) is 2.76. The van der Waals surface area contributed by atoms with Crippen molar-refractivity contribution < 1.29 is 4.42 Å². The Kier molecular flexibility index (Phi) is 2.81. The smallest absolute Gasteiger partial charge is 0.317 e. The van der Waals surface area contributed by atoms with Gasteiger partial charge >= 0.3 is 12.0 Å². The van der Waals surface area contributed by atoms with Gasteiger partial charge in [0.05, 0.1) is 0 Å². The first-order valence-electron chi connectivity index (χ1n) is 4.68. The van der Waals surface area contributed by atoms with E-state index in [-0.39, 0.29) is 6.01 Å². The summed E-state index contributed by atoms with van der Waals surface area (Å²) in [6.07, 6.45) is 5.80. The van der Waals surface area contributed by atoms with Crippen LogP contribution in [0.4, 0.5) is 12.0 Å². The van der Waals surface area contributed by atoms with Crippen molar-refractivity contribution in [2.75, 3.05) is 17.3 Å². The number of nitrogens with one attached hydrogen (secondary N) is 1. The summed E-state index contributed by atoms with van der Waals surface area (Å²) in [5, 5.41) is 11.3. The Hall–Kier alpha value is -0.910. The number of nitrogen functional groups attached to an aromatic ring is 1. The minimum absolute atomic E-state index is 0.117. The van der Waals surface area contributed by atoms with E-state index >= 15 is 0 Å². The molecule has 0 amide bonds. The summed E-state index contributed by atoms with van der Waals surface area (Å²) in [4.78, 5) is 0. The maximum atomic E-state index is 5.33. The summed E-state index contributed by atoms with van der Waals surface area (Å²) < 4.78 is 5.07. The van der Waals surface area contributed by atoms with Gasteiger partial charge in [-0.3, -0.25) is 0 Å². The highest BCUT2D eigenvalue weighted by Crippen LogP contribution is 2.30. The molecule has 6 heteroatoms. The Labute approximate surface area is 86.8 Å². The van der Waals surface area contributed by atoms with E-state index < -0.39 is 0 Å². The van der Waals surface area contributed by atoms with Gasteiger partial charge in [0.25, 0.3) is 0 Å². The van der Waals surface area contributed by atoms with Crippen LogP contribution >= 0.6 is 11.8 Å². The fraction of sp³-hybridized carbons (Fsp3) is 0.750. The minimum Gasteiger partial charge on any atom is -0.390 e. The molecule has 1 aromatic heterocycles. The Morgan fingerprint density at radius 2 is 2.36 bits per heavy atom. The summed E-state index contributed by atoms with van der Waals surface area (Å²) in [7, 11) is 0. The summed E-state index contributed by atoms with van der Waals surface area (Å²) in [6.45, 7) is 0. The molecule has 0 aromatic carbocycles. The molecule has 2 unspecified atom stereocenters. The molecule has 0 radical (unpaired) electrons. The van der Waals surface area contributed by atoms with E-state index in [0.29, 0.717) is 17.3 Å². The van der Waals surface area contributed by atoms with E-state index in [2.05, 4.69) is 21.8 Å². The molecule has 5 nitrogen and oxygen atoms in total. The van der Waals surface area contributed by atoms with Gasteiger partial charge in [0.15, 0.2) is 0 Å². The minimum atomic E-state index is 0.117. The van der Waals surface area contributed by atoms with Crippen molar-refractivity contribution in [1.29, 1.82) is 0 Å². The third-order valence-electron chi connectivity index (χ3n) is 2.50. The van der Waals surface area contributed by atoms with Crippen LogP contribution in [0.2, 0.25) is 0 Å². The third-order valence-corrected chi connectivity index (χ3v) is 3.67. The van der Waals surface area contributed by atoms with E-state index in [1.165, 1.54) is 12.8 Å². The van der Waals surface area contributed by atoms with Crippen molar-refractivity contribution in [2.24, 2.45) is 0 Å². The molecule has 3 N–H and O–H groups in total. The third kappa shape index (κ3) is 1.95. The fourth-order valence-electron chi connectivity index (χ4n) is 1.82. The number of hydrogen-bond acceptors (Lipinski definition) is 6. The van der Waals surface area contributed by atoms with Crippen molar-refractivity contribution in [3.63, 3.8) is 0 Å². The van der Waals surface area contributed by atoms with E-state index in [4.69, 9.17) is 10.2 Å². The van der Waals surface area contributed by atoms with Crippen LogP contribution in [-0.2, 0) is 0 Å². The zero-order valence-electron chi connectivity index (χ0n) is 8.06. The largest absolute Gasteiger partial charge is 0.390 e. The standard InChI is InChI=1S/C8H14N4OS/c1-14-6-4-2-3-5(6)10-8-12-11-7(9)13-8/h5-6H,2-4H2,1H3,(H2,9,11)(H,10,12). The fourth-order valence-corrected chi connectivity index (χ4v) is 2.76. The Morgan fingerprint density at radius 1 is 1.50 bits per heavy atom. The topological polar surface area (TPSA) is 77.0 Å². The highest BCUT2D eigenvalue weighted by Gasteiger charge is 2.27. The second-order valence-electron chi connectivity index (χ2n) is 3.40. The molecule has 1 aliphatic carbocycles. The second-order valence-corrected chi connectivity index (χ2v) is 4.48. The van der Waals surface area contributed by atoms with Crippen LogP contribution in [0, 0.1) is 0 Å². The van der Waals surface area contributed by atoms with Crippen molar-refractivity contribution in [1.82, 2.24) is 10.2 Å². The molecular formula is C8H14N4OS. The molecular weight excluding hydrogens is 200 g/mol. The number of hydrogen-bond donors (Lipinski definition) is 2. The molecule has 2 rings (SSSR count). The van der Waals surface area contributed by atoms with Crippen LogP contribution in [-0.4, -0.2) is 27.7 Å². The molecule has 2 atom stereocenters. The van der Waals surface area contributed by atoms with Crippen molar-refractivity contribution in [3.05, 3.63) is 0 Å². The first kappa shape index (κ1) is 9.64. The predicted molar refractivity (Wildman–Crippen MR) is 57.3 cm³/mol. The molecule has 0 bridgehead atoms. The zero-order chi connectivity index (χ0) is 9.97. The van der Waals surface area contributed by atoms with Crippen LogP contribution < -0.4 is 11.1 Å². The summed E-state index contributed by atoms with van der Waals surface area (Å²) >= 11 is 1.88. The number of aromatic nitrogens is 2. The summed E-state index contributed by atoms with van der Waals surface area (Å²) in [5.41, 5.74) is 5.33. The highest BCUT2D eigenvalue weighted by molar-refractivity contribution is 7.99. The number of anilines is 2. The van der Waals surface area contributed by atoms with Crippen LogP contribution in [0.25, 0.3) is 0 Å². The molecule has 1 aliphatic rings. The average molecular weight is 214 g/mol. The Bertz CT molecular complexity index is 303. The summed E-state index contributed by atoms with van der Waals surface area (Å²) in [5.74, 6) is 0. The lowest BCUT2D eigenvalue weighted by molar-refractivity contribution is 0.572. The lowest BCUT2D eigenvalue weighted by Gasteiger charge is -2.17. The van der Waals surface area contributed by atoms with Gasteiger partial charge in [-0.05, 0) is 19.1 Å². The molecule has 1 aromatic rings. The van der Waals surface area contributed by atoms with E-state index in [9.17, 15) is 0 Å². The second kappa shape index (κ2) is 4.08. The molecule has 1 heterocycles. The number of rotatable bonds is 3. The number of nitrogens with zero attached hydrogens (tertiary/aromatic N) is 2. The first-order chi connectivity index (χ1) is 6.79. The van der Waals surface area contributed by atoms with Crippen LogP contribution in [0.5, 0.6) is 0 Å². The Balaban J connectivity index is 1.96. The van der Waals surface area contributed by atoms with Crippen molar-refractivity contribution >= 4 is 23.8 Å². The SMILES string of the molecule is CSC1CCCC1Nc1nnc(N)o1. The van der Waals surface area contributed by atoms with Gasteiger partial charge in [0.1, 0.15) is 0 Å². The highest BCUT2D eigenvalue weighted by atomic mass is 32.2. The van der Waals surface area contributed by atoms with Crippen LogP contribution in [0.15, 0.2) is 4.42 Å². The van der Waals surface area contributed by atoms with Crippen molar-refractivity contribution in [3.8, 4) is 0 Å². The molecule has 0 spiro atoms. The molecule has 0 aliphatic heterocycles. The normalized spacial score (nSPS) is 26.6. The quantitative estimate of drug-likeness (QED) is 0.791. The van der Waals surface area contributed by atoms with E-state index in [1.807, 2.05) is 11.8 Å². The van der Waals surface area contributed by atoms with Gasteiger partial charge < -0.3 is 15.5 Å². The number of thioether (sulfide) groups is 1. The zero-order valence-corrected chi connectivity index (χ0v) is 8.88. The van der Waals surface area contributed by atoms with Crippen molar-refractivity contribution in [2.45, 2.75) is 30.6 Å². The van der Waals surface area contributed by atoms with Crippen LogP contribution in [0.1, 0.15) is 19.3 Å². The first-order valence-corrected chi connectivity index (χ1v) is 5.96. The molecule has 0 saturated heterocycles. The van der Waals surface area contributed by atoms with Gasteiger partial charge in [-0.15, -0.1) is 0 Å². The van der Waals surface area contributed by atoms with Gasteiger partial charge in [-0.1, -0.05) is 16.6 Å². The van der Waals surface area contributed by atoms with Gasteiger partial charge in [0.2, 0.25) is 0 Å². The lowest BCUT2D eigenvalue weighted by atomic mass is 10.2. The lowest BCUT2D eigenvalue weighted by Crippen LogP contribution is -2.25. The molecule has 1 saturated carbocycles. The maximum Gasteiger partial charge on any atom is 0.317 e. The van der Waals surface area contributed by atoms with Gasteiger partial charge in [0, 0.05) is 11.3 Å². The van der Waals surface area contributed by atoms with Gasteiger partial charge in [-0.2, -0.15) is 11.8 Å². The van der Waals surface area contributed by atoms with Crippen LogP contribution in [0.3, 0.4) is 0 Å². The predicted octanol–water partition coefficient (Wildman–Crippen LogP) is 1.35. The van der Waals surface area contributed by atoms with Gasteiger partial charge in [-0.25, -0.2) is 0 Å². The van der Waals surface area contributed by atoms with E-state index in [0.717, 1.165) is 6.42 Å². The Morgan fingerprint density at radius 3 is 3.00 bits per heavy atom. The number of nitrogens with two attached hydrogens (primary N) is 1. The monoisotopic (exact) mass is 214 g/mol. The molecule has 78 valence electrons. The summed E-state index contributed by atoms with van der Waals surface area (Å²) in [6, 6.07) is 0.990.